The summed E-state index contributed by atoms with van der Waals surface area (Å²) < 4.78 is 4.03. The third kappa shape index (κ3) is 2.41. The summed E-state index contributed by atoms with van der Waals surface area (Å²) in [6.45, 7) is 3.93. The molecule has 0 bridgehead atoms. The Bertz CT molecular complexity index is 1230. The molecule has 2 aromatic carbocycles. The number of aromatic nitrogens is 4. The van der Waals surface area contributed by atoms with Gasteiger partial charge in [0.2, 0.25) is 0 Å². The average Bonchev–Trinajstić information content (AvgIpc) is 2.94. The van der Waals surface area contributed by atoms with Crippen LogP contribution in [0.5, 0.6) is 0 Å². The van der Waals surface area contributed by atoms with Gasteiger partial charge in [-0.15, -0.1) is 4.52 Å². The van der Waals surface area contributed by atoms with Gasteiger partial charge in [-0.05, 0) is 38.1 Å². The van der Waals surface area contributed by atoms with Crippen LogP contribution in [0.2, 0.25) is 0 Å². The largest absolute Gasteiger partial charge is 0.412 e. The van der Waals surface area contributed by atoms with Crippen molar-refractivity contribution in [3.05, 3.63) is 86.6 Å². The number of nitrogens with one attached hydrogen (secondary N) is 1. The monoisotopic (exact) mass is 348 g/mol. The Morgan fingerprint density at radius 3 is 1.96 bits per heavy atom. The second-order valence-corrected chi connectivity index (χ2v) is 6.32. The number of rotatable bonds is 2. The fraction of sp³-hybridized carbons (Fsp3) is 0.105. The van der Waals surface area contributed by atoms with E-state index in [-0.39, 0.29) is 11.3 Å². The van der Waals surface area contributed by atoms with Gasteiger partial charge < -0.3 is 5.73 Å². The fourth-order valence-electron chi connectivity index (χ4n) is 2.94. The summed E-state index contributed by atoms with van der Waals surface area (Å²) in [6.07, 6.45) is 1.53. The summed E-state index contributed by atoms with van der Waals surface area (Å²) in [5.41, 5.74) is 8.59. The molecule has 0 unspecified atom stereocenters. The SMILES string of the molecule is Cc1ccc(-n2[nH][n+]3cc(N)n(-c4ccc(C)cc4)c(=O)c3c2=O)cc1. The summed E-state index contributed by atoms with van der Waals surface area (Å²) in [5.74, 6) is 0.230. The molecule has 2 heterocycles. The number of aromatic amines is 1. The molecule has 7 nitrogen and oxygen atoms in total. The molecule has 4 rings (SSSR count). The van der Waals surface area contributed by atoms with Crippen molar-refractivity contribution in [2.24, 2.45) is 0 Å². The molecule has 0 aliphatic heterocycles. The number of anilines is 1. The highest BCUT2D eigenvalue weighted by Crippen LogP contribution is 2.11. The molecular weight excluding hydrogens is 330 g/mol. The van der Waals surface area contributed by atoms with Crippen LogP contribution in [-0.2, 0) is 0 Å². The maximum atomic E-state index is 13.0. The van der Waals surface area contributed by atoms with E-state index in [1.54, 1.807) is 12.1 Å². The Balaban J connectivity index is 2.00. The molecule has 2 aromatic heterocycles. The maximum Gasteiger partial charge on any atom is 0.412 e. The summed E-state index contributed by atoms with van der Waals surface area (Å²) in [7, 11) is 0. The van der Waals surface area contributed by atoms with Crippen LogP contribution in [0.3, 0.4) is 0 Å². The number of H-pyrrole nitrogens is 1. The zero-order chi connectivity index (χ0) is 18.4. The van der Waals surface area contributed by atoms with Crippen molar-refractivity contribution in [1.29, 1.82) is 0 Å². The lowest BCUT2D eigenvalue weighted by atomic mass is 10.2. The molecule has 0 atom stereocenters. The first-order valence-electron chi connectivity index (χ1n) is 8.18. The van der Waals surface area contributed by atoms with Gasteiger partial charge in [-0.3, -0.25) is 9.36 Å². The summed E-state index contributed by atoms with van der Waals surface area (Å²) in [5, 5.41) is 2.90. The first-order chi connectivity index (χ1) is 12.5. The van der Waals surface area contributed by atoms with Crippen molar-refractivity contribution in [2.45, 2.75) is 13.8 Å². The molecule has 0 aliphatic carbocycles. The minimum absolute atomic E-state index is 0.000324. The molecular formula is C19H18N5O2+. The van der Waals surface area contributed by atoms with E-state index in [4.69, 9.17) is 5.73 Å². The van der Waals surface area contributed by atoms with Crippen LogP contribution in [0.1, 0.15) is 11.1 Å². The van der Waals surface area contributed by atoms with Gasteiger partial charge in [-0.1, -0.05) is 45.3 Å². The number of nitrogens with zero attached hydrogens (tertiary/aromatic N) is 3. The Kier molecular flexibility index (Phi) is 3.50. The van der Waals surface area contributed by atoms with Crippen molar-refractivity contribution in [2.75, 3.05) is 5.73 Å². The molecule has 0 saturated heterocycles. The van der Waals surface area contributed by atoms with Crippen molar-refractivity contribution in [3.8, 4) is 11.4 Å². The first kappa shape index (κ1) is 15.9. The van der Waals surface area contributed by atoms with Gasteiger partial charge in [-0.25, -0.2) is 4.79 Å². The van der Waals surface area contributed by atoms with Crippen molar-refractivity contribution in [1.82, 2.24) is 14.5 Å². The van der Waals surface area contributed by atoms with E-state index < -0.39 is 11.1 Å². The zero-order valence-electron chi connectivity index (χ0n) is 14.4. The highest BCUT2D eigenvalue weighted by Gasteiger charge is 2.23. The summed E-state index contributed by atoms with van der Waals surface area (Å²) in [6, 6.07) is 14.8. The lowest BCUT2D eigenvalue weighted by molar-refractivity contribution is -0.584. The highest BCUT2D eigenvalue weighted by atomic mass is 16.2. The number of nitrogens with two attached hydrogens (primary N) is 1. The third-order valence-corrected chi connectivity index (χ3v) is 4.36. The van der Waals surface area contributed by atoms with Crippen LogP contribution in [0.4, 0.5) is 5.82 Å². The van der Waals surface area contributed by atoms with Crippen LogP contribution >= 0.6 is 0 Å². The molecule has 26 heavy (non-hydrogen) atoms. The molecule has 7 heteroatoms. The van der Waals surface area contributed by atoms with Gasteiger partial charge in [-0.2, -0.15) is 0 Å². The minimum atomic E-state index is -0.471. The van der Waals surface area contributed by atoms with E-state index in [0.717, 1.165) is 11.1 Å². The van der Waals surface area contributed by atoms with Crippen LogP contribution in [-0.4, -0.2) is 14.5 Å². The Labute approximate surface area is 148 Å². The van der Waals surface area contributed by atoms with Crippen LogP contribution in [0.15, 0.2) is 64.3 Å². The van der Waals surface area contributed by atoms with Crippen LogP contribution in [0.25, 0.3) is 16.9 Å². The van der Waals surface area contributed by atoms with E-state index >= 15 is 0 Å². The van der Waals surface area contributed by atoms with Crippen LogP contribution in [0, 0.1) is 13.8 Å². The van der Waals surface area contributed by atoms with E-state index in [0.29, 0.717) is 11.4 Å². The molecule has 4 aromatic rings. The molecule has 0 radical (unpaired) electrons. The highest BCUT2D eigenvalue weighted by molar-refractivity contribution is 5.48. The number of aryl methyl sites for hydroxylation is 2. The predicted octanol–water partition coefficient (Wildman–Crippen LogP) is 1.25. The molecule has 0 fully saturated rings. The molecule has 130 valence electrons. The Hall–Kier alpha value is -3.61. The topological polar surface area (TPSA) is 89.9 Å². The molecule has 0 amide bonds. The van der Waals surface area contributed by atoms with E-state index in [1.807, 2.05) is 50.2 Å². The zero-order valence-corrected chi connectivity index (χ0v) is 14.4. The number of nitrogen functional groups attached to an aromatic ring is 1. The molecule has 3 N–H and O–H groups in total. The van der Waals surface area contributed by atoms with Crippen LogP contribution < -0.4 is 21.4 Å². The third-order valence-electron chi connectivity index (χ3n) is 4.36. The van der Waals surface area contributed by atoms with Gasteiger partial charge in [0.25, 0.3) is 0 Å². The molecule has 0 aliphatic rings. The standard InChI is InChI=1S/C19H17N5O2/c1-12-3-7-14(8-4-12)23-16(20)11-22-17(18(23)25)19(26)24(21-22)15-9-5-13(2)6-10-15/h3-11H,1-2H3,(H2-,20,21,25,26)/p+1. The van der Waals surface area contributed by atoms with Crippen molar-refractivity contribution >= 4 is 11.3 Å². The fourth-order valence-corrected chi connectivity index (χ4v) is 2.94. The number of hydrogen-bond acceptors (Lipinski definition) is 3. The van der Waals surface area contributed by atoms with Crippen molar-refractivity contribution < 1.29 is 4.52 Å². The number of hydrogen-bond donors (Lipinski definition) is 2. The quantitative estimate of drug-likeness (QED) is 0.534. The average molecular weight is 348 g/mol. The van der Waals surface area contributed by atoms with E-state index in [9.17, 15) is 9.59 Å². The Morgan fingerprint density at radius 2 is 1.38 bits per heavy atom. The van der Waals surface area contributed by atoms with Gasteiger partial charge in [0, 0.05) is 0 Å². The second kappa shape index (κ2) is 5.73. The first-order valence-corrected chi connectivity index (χ1v) is 8.18. The smallest absolute Gasteiger partial charge is 0.382 e. The second-order valence-electron chi connectivity index (χ2n) is 6.32. The summed E-state index contributed by atoms with van der Waals surface area (Å²) >= 11 is 0. The van der Waals surface area contributed by atoms with E-state index in [2.05, 4.69) is 5.21 Å². The normalized spacial score (nSPS) is 11.2. The van der Waals surface area contributed by atoms with Gasteiger partial charge >= 0.3 is 16.6 Å². The maximum absolute atomic E-state index is 13.0. The Morgan fingerprint density at radius 1 is 0.846 bits per heavy atom. The lowest BCUT2D eigenvalue weighted by Gasteiger charge is -2.07. The summed E-state index contributed by atoms with van der Waals surface area (Å²) in [4.78, 5) is 25.8. The lowest BCUT2D eigenvalue weighted by Crippen LogP contribution is -2.37. The number of fused-ring (bicyclic) bond motifs is 1. The van der Waals surface area contributed by atoms with Gasteiger partial charge in [0.15, 0.2) is 17.7 Å². The van der Waals surface area contributed by atoms with Gasteiger partial charge in [0.05, 0.1) is 5.69 Å². The number of benzene rings is 2. The predicted molar refractivity (Wildman–Crippen MR) is 99.0 cm³/mol. The van der Waals surface area contributed by atoms with Crippen molar-refractivity contribution in [3.63, 3.8) is 0 Å². The van der Waals surface area contributed by atoms with E-state index in [1.165, 1.54) is 20.0 Å². The van der Waals surface area contributed by atoms with Gasteiger partial charge in [0.1, 0.15) is 0 Å². The minimum Gasteiger partial charge on any atom is -0.382 e. The molecule has 0 saturated carbocycles. The molecule has 0 spiro atoms.